The molecule has 0 aliphatic carbocycles. The van der Waals surface area contributed by atoms with Crippen molar-refractivity contribution >= 4 is 17.5 Å². The van der Waals surface area contributed by atoms with Crippen LogP contribution in [0.5, 0.6) is 11.5 Å². The molecule has 1 N–H and O–H groups in total. The highest BCUT2D eigenvalue weighted by Gasteiger charge is 2.41. The molecule has 5 rings (SSSR count). The van der Waals surface area contributed by atoms with Crippen LogP contribution in [0.3, 0.4) is 0 Å². The van der Waals surface area contributed by atoms with Crippen molar-refractivity contribution in [3.05, 3.63) is 58.6 Å². The Kier molecular flexibility index (Phi) is 4.65. The average molecular weight is 399 g/mol. The number of rotatable bonds is 4. The molecule has 3 aliphatic heterocycles. The van der Waals surface area contributed by atoms with Crippen LogP contribution in [0.4, 0.5) is 0 Å². The standard InChI is InChI=1S/C22H23ClN2O3/c23-19-4-2-1-3-18(19)22(26)24-15-10-16-6-7-17(11-15)25(16)12-14-5-8-20-21(9-14)28-13-27-20/h1-5,8-9,15-17H,6-7,10-13H2,(H,24,26). The molecular formula is C22H23ClN2O3. The molecule has 2 bridgehead atoms. The van der Waals surface area contributed by atoms with Crippen LogP contribution in [0.1, 0.15) is 41.6 Å². The zero-order valence-corrected chi connectivity index (χ0v) is 16.3. The first-order chi connectivity index (χ1) is 13.7. The first-order valence-electron chi connectivity index (χ1n) is 9.87. The van der Waals surface area contributed by atoms with E-state index in [2.05, 4.69) is 22.3 Å². The van der Waals surface area contributed by atoms with E-state index in [1.807, 2.05) is 18.2 Å². The number of ether oxygens (including phenoxy) is 2. The Bertz CT molecular complexity index is 889. The number of carbonyl (C=O) groups excluding carboxylic acids is 1. The number of piperidine rings is 1. The lowest BCUT2D eigenvalue weighted by atomic mass is 9.96. The number of fused-ring (bicyclic) bond motifs is 3. The molecule has 0 spiro atoms. The van der Waals surface area contributed by atoms with Gasteiger partial charge in [0.2, 0.25) is 6.79 Å². The van der Waals surface area contributed by atoms with E-state index in [0.29, 0.717) is 29.5 Å². The van der Waals surface area contributed by atoms with Gasteiger partial charge >= 0.3 is 0 Å². The Morgan fingerprint density at radius 1 is 1.07 bits per heavy atom. The molecule has 2 aromatic rings. The second-order valence-corrected chi connectivity index (χ2v) is 8.27. The van der Waals surface area contributed by atoms with Crippen LogP contribution < -0.4 is 14.8 Å². The molecule has 2 unspecified atom stereocenters. The van der Waals surface area contributed by atoms with Crippen LogP contribution in [0.25, 0.3) is 0 Å². The number of amides is 1. The molecule has 0 radical (unpaired) electrons. The molecule has 28 heavy (non-hydrogen) atoms. The topological polar surface area (TPSA) is 50.8 Å². The van der Waals surface area contributed by atoms with Crippen molar-refractivity contribution in [3.8, 4) is 11.5 Å². The van der Waals surface area contributed by atoms with E-state index < -0.39 is 0 Å². The lowest BCUT2D eigenvalue weighted by Gasteiger charge is -2.39. The van der Waals surface area contributed by atoms with Crippen molar-refractivity contribution in [3.63, 3.8) is 0 Å². The Labute approximate surface area is 169 Å². The van der Waals surface area contributed by atoms with Gasteiger partial charge in [-0.2, -0.15) is 0 Å². The number of halogens is 1. The monoisotopic (exact) mass is 398 g/mol. The van der Waals surface area contributed by atoms with Gasteiger partial charge in [0.05, 0.1) is 10.6 Å². The predicted octanol–water partition coefficient (Wildman–Crippen LogP) is 3.99. The highest BCUT2D eigenvalue weighted by molar-refractivity contribution is 6.33. The first-order valence-corrected chi connectivity index (χ1v) is 10.2. The molecule has 6 heteroatoms. The fourth-order valence-electron chi connectivity index (χ4n) is 4.81. The van der Waals surface area contributed by atoms with E-state index in [1.54, 1.807) is 12.1 Å². The first kappa shape index (κ1) is 17.8. The minimum Gasteiger partial charge on any atom is -0.454 e. The lowest BCUT2D eigenvalue weighted by molar-refractivity contribution is 0.0827. The molecular weight excluding hydrogens is 376 g/mol. The summed E-state index contributed by atoms with van der Waals surface area (Å²) in [4.78, 5) is 15.2. The number of hydrogen-bond donors (Lipinski definition) is 1. The van der Waals surface area contributed by atoms with Gasteiger partial charge in [0.15, 0.2) is 11.5 Å². The molecule has 3 aliphatic rings. The van der Waals surface area contributed by atoms with E-state index in [0.717, 1.165) is 30.9 Å². The molecule has 5 nitrogen and oxygen atoms in total. The summed E-state index contributed by atoms with van der Waals surface area (Å²) in [6.07, 6.45) is 4.34. The van der Waals surface area contributed by atoms with Gasteiger partial charge in [0.1, 0.15) is 0 Å². The van der Waals surface area contributed by atoms with Crippen LogP contribution >= 0.6 is 11.6 Å². The number of hydrogen-bond acceptors (Lipinski definition) is 4. The Morgan fingerprint density at radius 3 is 2.61 bits per heavy atom. The van der Waals surface area contributed by atoms with Crippen LogP contribution in [0, 0.1) is 0 Å². The second kappa shape index (κ2) is 7.30. The third-order valence-corrected chi connectivity index (χ3v) is 6.47. The summed E-state index contributed by atoms with van der Waals surface area (Å²) >= 11 is 6.17. The Balaban J connectivity index is 1.24. The van der Waals surface area contributed by atoms with E-state index in [4.69, 9.17) is 21.1 Å². The van der Waals surface area contributed by atoms with Gasteiger partial charge in [-0.15, -0.1) is 0 Å². The highest BCUT2D eigenvalue weighted by Crippen LogP contribution is 2.38. The molecule has 146 valence electrons. The molecule has 2 saturated heterocycles. The molecule has 1 amide bonds. The number of carbonyl (C=O) groups is 1. The van der Waals surface area contributed by atoms with Crippen LogP contribution in [0.15, 0.2) is 42.5 Å². The summed E-state index contributed by atoms with van der Waals surface area (Å²) in [6.45, 7) is 1.22. The molecule has 0 saturated carbocycles. The fraction of sp³-hybridized carbons (Fsp3) is 0.409. The van der Waals surface area contributed by atoms with E-state index >= 15 is 0 Å². The average Bonchev–Trinajstić information content (AvgIpc) is 3.24. The van der Waals surface area contributed by atoms with Crippen molar-refractivity contribution in [2.45, 2.75) is 50.4 Å². The van der Waals surface area contributed by atoms with Crippen molar-refractivity contribution in [2.24, 2.45) is 0 Å². The highest BCUT2D eigenvalue weighted by atomic mass is 35.5. The van der Waals surface area contributed by atoms with Gasteiger partial charge < -0.3 is 14.8 Å². The Hall–Kier alpha value is -2.24. The number of nitrogens with zero attached hydrogens (tertiary/aromatic N) is 1. The van der Waals surface area contributed by atoms with Crippen LogP contribution in [-0.4, -0.2) is 35.7 Å². The van der Waals surface area contributed by atoms with Gasteiger partial charge in [-0.05, 0) is 55.5 Å². The molecule has 3 heterocycles. The molecule has 0 aromatic heterocycles. The predicted molar refractivity (Wildman–Crippen MR) is 107 cm³/mol. The minimum atomic E-state index is -0.0702. The number of benzene rings is 2. The van der Waals surface area contributed by atoms with Gasteiger partial charge in [-0.1, -0.05) is 29.8 Å². The maximum Gasteiger partial charge on any atom is 0.253 e. The van der Waals surface area contributed by atoms with Gasteiger partial charge in [0, 0.05) is 24.7 Å². The Morgan fingerprint density at radius 2 is 1.82 bits per heavy atom. The molecule has 2 atom stereocenters. The molecule has 2 fully saturated rings. The van der Waals surface area contributed by atoms with Crippen LogP contribution in [0.2, 0.25) is 5.02 Å². The van der Waals surface area contributed by atoms with Gasteiger partial charge in [0.25, 0.3) is 5.91 Å². The fourth-order valence-corrected chi connectivity index (χ4v) is 5.03. The van der Waals surface area contributed by atoms with Gasteiger partial charge in [-0.3, -0.25) is 9.69 Å². The second-order valence-electron chi connectivity index (χ2n) is 7.87. The van der Waals surface area contributed by atoms with Crippen molar-refractivity contribution in [2.75, 3.05) is 6.79 Å². The maximum atomic E-state index is 12.6. The van der Waals surface area contributed by atoms with E-state index in [9.17, 15) is 4.79 Å². The van der Waals surface area contributed by atoms with Crippen molar-refractivity contribution < 1.29 is 14.3 Å². The molecule has 2 aromatic carbocycles. The SMILES string of the molecule is O=C(NC1CC2CCC(C1)N2Cc1ccc2c(c1)OCO2)c1ccccc1Cl. The normalized spacial score (nSPS) is 25.7. The summed E-state index contributed by atoms with van der Waals surface area (Å²) in [5.41, 5.74) is 1.80. The zero-order chi connectivity index (χ0) is 19.1. The van der Waals surface area contributed by atoms with Crippen molar-refractivity contribution in [1.82, 2.24) is 10.2 Å². The largest absolute Gasteiger partial charge is 0.454 e. The quantitative estimate of drug-likeness (QED) is 0.845. The number of nitrogens with one attached hydrogen (secondary N) is 1. The summed E-state index contributed by atoms with van der Waals surface area (Å²) in [5.74, 6) is 1.60. The summed E-state index contributed by atoms with van der Waals surface area (Å²) in [7, 11) is 0. The van der Waals surface area contributed by atoms with Crippen LogP contribution in [-0.2, 0) is 6.54 Å². The summed E-state index contributed by atoms with van der Waals surface area (Å²) in [6, 6.07) is 14.6. The van der Waals surface area contributed by atoms with E-state index in [-0.39, 0.29) is 11.9 Å². The third-order valence-electron chi connectivity index (χ3n) is 6.14. The van der Waals surface area contributed by atoms with Gasteiger partial charge in [-0.25, -0.2) is 0 Å². The summed E-state index contributed by atoms with van der Waals surface area (Å²) < 4.78 is 10.9. The summed E-state index contributed by atoms with van der Waals surface area (Å²) in [5, 5.41) is 3.71. The smallest absolute Gasteiger partial charge is 0.253 e. The van der Waals surface area contributed by atoms with Crippen molar-refractivity contribution in [1.29, 1.82) is 0 Å². The minimum absolute atomic E-state index is 0.0702. The maximum absolute atomic E-state index is 12.6. The zero-order valence-electron chi connectivity index (χ0n) is 15.6. The third kappa shape index (κ3) is 3.33. The lowest BCUT2D eigenvalue weighted by Crippen LogP contribution is -2.50. The van der Waals surface area contributed by atoms with E-state index in [1.165, 1.54) is 18.4 Å².